The van der Waals surface area contributed by atoms with E-state index in [9.17, 15) is 0 Å². The topological polar surface area (TPSA) is 67.1 Å². The van der Waals surface area contributed by atoms with Crippen molar-refractivity contribution in [3.8, 4) is 0 Å². The summed E-state index contributed by atoms with van der Waals surface area (Å²) in [5.41, 5.74) is 10.4. The molecular formula is C17H25N5. The molecule has 0 aliphatic heterocycles. The van der Waals surface area contributed by atoms with Crippen LogP contribution in [0.3, 0.4) is 0 Å². The maximum Gasteiger partial charge on any atom is 0.229 e. The fourth-order valence-corrected chi connectivity index (χ4v) is 2.25. The zero-order valence-corrected chi connectivity index (χ0v) is 13.8. The van der Waals surface area contributed by atoms with Gasteiger partial charge < -0.3 is 16.0 Å². The Kier molecular flexibility index (Phi) is 5.33. The average molecular weight is 299 g/mol. The van der Waals surface area contributed by atoms with E-state index in [4.69, 9.17) is 5.73 Å². The molecule has 1 aromatic heterocycles. The molecule has 2 aromatic rings. The van der Waals surface area contributed by atoms with Crippen LogP contribution in [0, 0.1) is 13.8 Å². The molecule has 3 N–H and O–H groups in total. The van der Waals surface area contributed by atoms with Gasteiger partial charge in [0.05, 0.1) is 0 Å². The van der Waals surface area contributed by atoms with Gasteiger partial charge in [0.15, 0.2) is 0 Å². The van der Waals surface area contributed by atoms with Gasteiger partial charge in [-0.1, -0.05) is 12.1 Å². The molecule has 0 fully saturated rings. The lowest BCUT2D eigenvalue weighted by Crippen LogP contribution is -2.14. The van der Waals surface area contributed by atoms with Gasteiger partial charge in [-0.05, 0) is 64.5 Å². The first-order chi connectivity index (χ1) is 10.5. The highest BCUT2D eigenvalue weighted by Gasteiger charge is 2.06. The molecular weight excluding hydrogens is 274 g/mol. The lowest BCUT2D eigenvalue weighted by molar-refractivity contribution is 0.400. The van der Waals surface area contributed by atoms with E-state index in [0.717, 1.165) is 36.2 Å². The number of aromatic nitrogens is 2. The Labute approximate surface area is 132 Å². The monoisotopic (exact) mass is 299 g/mol. The molecule has 22 heavy (non-hydrogen) atoms. The first-order valence-electron chi connectivity index (χ1n) is 7.56. The summed E-state index contributed by atoms with van der Waals surface area (Å²) in [6.07, 6.45) is 3.77. The van der Waals surface area contributed by atoms with Crippen LogP contribution in [0.15, 0.2) is 24.4 Å². The van der Waals surface area contributed by atoms with Crippen LogP contribution >= 0.6 is 0 Å². The standard InChI is InChI=1S/C17H25N5/c1-12-7-8-13(2)15(10-12)20-17-19-11-14(16(18)21-17)6-5-9-22(3)4/h7-8,10-11H,5-6,9H2,1-4H3,(H3,18,19,20,21). The maximum absolute atomic E-state index is 6.06. The van der Waals surface area contributed by atoms with Crippen molar-refractivity contribution in [2.24, 2.45) is 0 Å². The molecule has 0 amide bonds. The van der Waals surface area contributed by atoms with Gasteiger partial charge in [0.25, 0.3) is 0 Å². The van der Waals surface area contributed by atoms with Gasteiger partial charge in [0, 0.05) is 17.4 Å². The number of nitrogens with zero attached hydrogens (tertiary/aromatic N) is 3. The summed E-state index contributed by atoms with van der Waals surface area (Å²) in [5.74, 6) is 1.10. The summed E-state index contributed by atoms with van der Waals surface area (Å²) >= 11 is 0. The third kappa shape index (κ3) is 4.43. The second-order valence-corrected chi connectivity index (χ2v) is 5.95. The van der Waals surface area contributed by atoms with Gasteiger partial charge in [0.1, 0.15) is 5.82 Å². The summed E-state index contributed by atoms with van der Waals surface area (Å²) in [6.45, 7) is 5.15. The maximum atomic E-state index is 6.06. The molecule has 2 rings (SSSR count). The Morgan fingerprint density at radius 1 is 1.23 bits per heavy atom. The minimum absolute atomic E-state index is 0.544. The first kappa shape index (κ1) is 16.2. The summed E-state index contributed by atoms with van der Waals surface area (Å²) in [6, 6.07) is 6.25. The number of nitrogen functional groups attached to an aromatic ring is 1. The Bertz CT molecular complexity index is 637. The minimum atomic E-state index is 0.544. The molecule has 0 saturated heterocycles. The molecule has 0 saturated carbocycles. The van der Waals surface area contributed by atoms with E-state index >= 15 is 0 Å². The fraction of sp³-hybridized carbons (Fsp3) is 0.412. The van der Waals surface area contributed by atoms with Gasteiger partial charge in [-0.3, -0.25) is 0 Å². The predicted molar refractivity (Wildman–Crippen MR) is 92.5 cm³/mol. The largest absolute Gasteiger partial charge is 0.383 e. The molecule has 1 heterocycles. The van der Waals surface area contributed by atoms with Crippen molar-refractivity contribution in [3.63, 3.8) is 0 Å². The third-order valence-corrected chi connectivity index (χ3v) is 3.59. The van der Waals surface area contributed by atoms with E-state index in [1.165, 1.54) is 5.56 Å². The van der Waals surface area contributed by atoms with Crippen molar-refractivity contribution in [3.05, 3.63) is 41.1 Å². The molecule has 118 valence electrons. The average Bonchev–Trinajstić information content (AvgIpc) is 2.45. The highest BCUT2D eigenvalue weighted by atomic mass is 15.1. The number of hydrogen-bond donors (Lipinski definition) is 2. The van der Waals surface area contributed by atoms with E-state index in [2.05, 4.69) is 66.3 Å². The van der Waals surface area contributed by atoms with Crippen LogP contribution in [-0.2, 0) is 6.42 Å². The lowest BCUT2D eigenvalue weighted by atomic mass is 10.1. The van der Waals surface area contributed by atoms with Crippen molar-refractivity contribution in [2.45, 2.75) is 26.7 Å². The van der Waals surface area contributed by atoms with E-state index in [-0.39, 0.29) is 0 Å². The Balaban J connectivity index is 2.07. The lowest BCUT2D eigenvalue weighted by Gasteiger charge is -2.12. The van der Waals surface area contributed by atoms with E-state index < -0.39 is 0 Å². The number of benzene rings is 1. The molecule has 1 aromatic carbocycles. The molecule has 0 spiro atoms. The van der Waals surface area contributed by atoms with E-state index in [1.807, 2.05) is 6.20 Å². The van der Waals surface area contributed by atoms with Crippen molar-refractivity contribution in [2.75, 3.05) is 31.7 Å². The van der Waals surface area contributed by atoms with E-state index in [0.29, 0.717) is 11.8 Å². The summed E-state index contributed by atoms with van der Waals surface area (Å²) < 4.78 is 0. The molecule has 5 heteroatoms. The van der Waals surface area contributed by atoms with Crippen molar-refractivity contribution in [1.82, 2.24) is 14.9 Å². The van der Waals surface area contributed by atoms with Crippen LogP contribution in [0.25, 0.3) is 0 Å². The second kappa shape index (κ2) is 7.22. The van der Waals surface area contributed by atoms with Crippen LogP contribution in [0.2, 0.25) is 0 Å². The molecule has 0 aliphatic rings. The zero-order valence-electron chi connectivity index (χ0n) is 13.8. The smallest absolute Gasteiger partial charge is 0.229 e. The van der Waals surface area contributed by atoms with Gasteiger partial charge >= 0.3 is 0 Å². The van der Waals surface area contributed by atoms with Crippen LogP contribution in [0.4, 0.5) is 17.5 Å². The van der Waals surface area contributed by atoms with Crippen molar-refractivity contribution >= 4 is 17.5 Å². The van der Waals surface area contributed by atoms with Crippen LogP contribution in [0.1, 0.15) is 23.1 Å². The molecule has 5 nitrogen and oxygen atoms in total. The number of anilines is 3. The first-order valence-corrected chi connectivity index (χ1v) is 7.56. The minimum Gasteiger partial charge on any atom is -0.383 e. The van der Waals surface area contributed by atoms with Gasteiger partial charge in [-0.2, -0.15) is 4.98 Å². The summed E-state index contributed by atoms with van der Waals surface area (Å²) in [5, 5.41) is 3.24. The van der Waals surface area contributed by atoms with Crippen molar-refractivity contribution in [1.29, 1.82) is 0 Å². The Morgan fingerprint density at radius 3 is 2.68 bits per heavy atom. The molecule has 0 unspecified atom stereocenters. The summed E-state index contributed by atoms with van der Waals surface area (Å²) in [7, 11) is 4.13. The SMILES string of the molecule is Cc1ccc(C)c(Nc2ncc(CCCN(C)C)c(N)n2)c1. The number of nitrogens with two attached hydrogens (primary N) is 1. The van der Waals surface area contributed by atoms with E-state index in [1.54, 1.807) is 0 Å². The van der Waals surface area contributed by atoms with Crippen molar-refractivity contribution < 1.29 is 0 Å². The third-order valence-electron chi connectivity index (χ3n) is 3.59. The number of nitrogens with one attached hydrogen (secondary N) is 1. The highest BCUT2D eigenvalue weighted by molar-refractivity contribution is 5.60. The molecule has 0 bridgehead atoms. The Morgan fingerprint density at radius 2 is 2.00 bits per heavy atom. The van der Waals surface area contributed by atoms with Gasteiger partial charge in [-0.15, -0.1) is 0 Å². The molecule has 0 radical (unpaired) electrons. The molecule has 0 atom stereocenters. The Hall–Kier alpha value is -2.14. The highest BCUT2D eigenvalue weighted by Crippen LogP contribution is 2.21. The number of aryl methyl sites for hydroxylation is 3. The number of hydrogen-bond acceptors (Lipinski definition) is 5. The zero-order chi connectivity index (χ0) is 16.1. The fourth-order valence-electron chi connectivity index (χ4n) is 2.25. The van der Waals surface area contributed by atoms with Crippen LogP contribution in [-0.4, -0.2) is 35.5 Å². The number of rotatable bonds is 6. The van der Waals surface area contributed by atoms with Gasteiger partial charge in [0.2, 0.25) is 5.95 Å². The summed E-state index contributed by atoms with van der Waals surface area (Å²) in [4.78, 5) is 10.9. The quantitative estimate of drug-likeness (QED) is 0.858. The van der Waals surface area contributed by atoms with Crippen LogP contribution in [0.5, 0.6) is 0 Å². The predicted octanol–water partition coefficient (Wildman–Crippen LogP) is 2.91. The van der Waals surface area contributed by atoms with Crippen LogP contribution < -0.4 is 11.1 Å². The van der Waals surface area contributed by atoms with Gasteiger partial charge in [-0.25, -0.2) is 4.98 Å². The molecule has 0 aliphatic carbocycles. The second-order valence-electron chi connectivity index (χ2n) is 5.95. The normalized spacial score (nSPS) is 11.0.